The van der Waals surface area contributed by atoms with E-state index in [0.29, 0.717) is 11.5 Å². The Bertz CT molecular complexity index is 1140. The molecule has 1 heterocycles. The van der Waals surface area contributed by atoms with Crippen LogP contribution < -0.4 is 5.32 Å². The van der Waals surface area contributed by atoms with E-state index in [1.54, 1.807) is 0 Å². The van der Waals surface area contributed by atoms with Crippen LogP contribution in [0.2, 0.25) is 0 Å². The van der Waals surface area contributed by atoms with Gasteiger partial charge >= 0.3 is 5.97 Å². The molecule has 0 spiro atoms. The van der Waals surface area contributed by atoms with E-state index >= 15 is 0 Å². The summed E-state index contributed by atoms with van der Waals surface area (Å²) >= 11 is 0. The number of ether oxygens (including phenoxy) is 1. The van der Waals surface area contributed by atoms with Crippen LogP contribution in [-0.4, -0.2) is 30.5 Å². The van der Waals surface area contributed by atoms with Crippen LogP contribution in [0.25, 0.3) is 22.6 Å². The quantitative estimate of drug-likeness (QED) is 0.665. The molecule has 0 fully saturated rings. The molecule has 0 saturated heterocycles. The SMILES string of the molecule is CNC(=O)COC(=O)c1c2c(nc3ccccc13)/C(=C/c1ccccc1)CC(C)C2. The lowest BCUT2D eigenvalue weighted by Crippen LogP contribution is -2.26. The van der Waals surface area contributed by atoms with E-state index in [0.717, 1.165) is 46.1 Å². The maximum Gasteiger partial charge on any atom is 0.339 e. The zero-order chi connectivity index (χ0) is 21.1. The van der Waals surface area contributed by atoms with E-state index in [1.807, 2.05) is 42.5 Å². The predicted molar refractivity (Wildman–Crippen MR) is 118 cm³/mol. The molecule has 0 radical (unpaired) electrons. The fourth-order valence-electron chi connectivity index (χ4n) is 3.99. The molecule has 1 N–H and O–H groups in total. The number of nitrogens with zero attached hydrogens (tertiary/aromatic N) is 1. The summed E-state index contributed by atoms with van der Waals surface area (Å²) in [7, 11) is 1.52. The van der Waals surface area contributed by atoms with Gasteiger partial charge in [-0.05, 0) is 47.6 Å². The van der Waals surface area contributed by atoms with Crippen molar-refractivity contribution in [2.45, 2.75) is 19.8 Å². The molecule has 3 aromatic rings. The molecule has 1 aromatic heterocycles. The predicted octanol–water partition coefficient (Wildman–Crippen LogP) is 4.26. The first-order chi connectivity index (χ1) is 14.6. The highest BCUT2D eigenvalue weighted by Gasteiger charge is 2.29. The summed E-state index contributed by atoms with van der Waals surface area (Å²) < 4.78 is 5.35. The molecule has 4 rings (SSSR count). The maximum absolute atomic E-state index is 13.1. The highest BCUT2D eigenvalue weighted by Crippen LogP contribution is 2.38. The smallest absolute Gasteiger partial charge is 0.339 e. The van der Waals surface area contributed by atoms with E-state index in [1.165, 1.54) is 7.05 Å². The molecule has 1 aliphatic rings. The van der Waals surface area contributed by atoms with Crippen molar-refractivity contribution < 1.29 is 14.3 Å². The van der Waals surface area contributed by atoms with E-state index in [9.17, 15) is 9.59 Å². The molecule has 1 unspecified atom stereocenters. The molecule has 1 aliphatic carbocycles. The van der Waals surface area contributed by atoms with Gasteiger partial charge in [0.25, 0.3) is 5.91 Å². The fraction of sp³-hybridized carbons (Fsp3) is 0.240. The minimum Gasteiger partial charge on any atom is -0.452 e. The Morgan fingerprint density at radius 1 is 1.10 bits per heavy atom. The first-order valence-electron chi connectivity index (χ1n) is 10.1. The van der Waals surface area contributed by atoms with Crippen molar-refractivity contribution in [3.8, 4) is 0 Å². The molecule has 5 nitrogen and oxygen atoms in total. The average molecular weight is 400 g/mol. The van der Waals surface area contributed by atoms with Crippen LogP contribution in [0.5, 0.6) is 0 Å². The zero-order valence-electron chi connectivity index (χ0n) is 17.1. The zero-order valence-corrected chi connectivity index (χ0v) is 17.1. The lowest BCUT2D eigenvalue weighted by atomic mass is 9.80. The standard InChI is InChI=1S/C25H24N2O3/c1-16-12-18(14-17-8-4-3-5-9-17)24-20(13-16)23(25(29)30-15-22(28)26-2)19-10-6-7-11-21(19)27-24/h3-11,14,16H,12-13,15H2,1-2H3,(H,26,28)/b18-14+. The Morgan fingerprint density at radius 2 is 1.83 bits per heavy atom. The third-order valence-corrected chi connectivity index (χ3v) is 5.38. The van der Waals surface area contributed by atoms with Crippen molar-refractivity contribution in [1.82, 2.24) is 10.3 Å². The van der Waals surface area contributed by atoms with E-state index in [-0.39, 0.29) is 12.5 Å². The number of pyridine rings is 1. The topological polar surface area (TPSA) is 68.3 Å². The number of aromatic nitrogens is 1. The molecule has 30 heavy (non-hydrogen) atoms. The van der Waals surface area contributed by atoms with Crippen LogP contribution in [0, 0.1) is 5.92 Å². The monoisotopic (exact) mass is 400 g/mol. The van der Waals surface area contributed by atoms with Gasteiger partial charge in [-0.1, -0.05) is 55.5 Å². The Morgan fingerprint density at radius 3 is 2.60 bits per heavy atom. The highest BCUT2D eigenvalue weighted by atomic mass is 16.5. The maximum atomic E-state index is 13.1. The normalized spacial score (nSPS) is 16.9. The van der Waals surface area contributed by atoms with Crippen LogP contribution in [0.15, 0.2) is 54.6 Å². The number of nitrogens with one attached hydrogen (secondary N) is 1. The third-order valence-electron chi connectivity index (χ3n) is 5.38. The number of hydrogen-bond donors (Lipinski definition) is 1. The van der Waals surface area contributed by atoms with Gasteiger partial charge in [-0.25, -0.2) is 9.78 Å². The first kappa shape index (κ1) is 19.8. The lowest BCUT2D eigenvalue weighted by Gasteiger charge is -2.26. The highest BCUT2D eigenvalue weighted by molar-refractivity contribution is 6.07. The number of carbonyl (C=O) groups excluding carboxylic acids is 2. The summed E-state index contributed by atoms with van der Waals surface area (Å²) in [5, 5.41) is 3.23. The minimum atomic E-state index is -0.485. The summed E-state index contributed by atoms with van der Waals surface area (Å²) in [4.78, 5) is 29.6. The number of esters is 1. The van der Waals surface area contributed by atoms with Crippen LogP contribution >= 0.6 is 0 Å². The van der Waals surface area contributed by atoms with Crippen LogP contribution in [0.3, 0.4) is 0 Å². The van der Waals surface area contributed by atoms with Crippen molar-refractivity contribution in [1.29, 1.82) is 0 Å². The van der Waals surface area contributed by atoms with E-state index < -0.39 is 5.97 Å². The minimum absolute atomic E-state index is 0.303. The van der Waals surface area contributed by atoms with E-state index in [2.05, 4.69) is 30.4 Å². The van der Waals surface area contributed by atoms with Crippen molar-refractivity contribution in [2.75, 3.05) is 13.7 Å². The number of hydrogen-bond acceptors (Lipinski definition) is 4. The molecule has 152 valence electrons. The number of amides is 1. The van der Waals surface area contributed by atoms with Gasteiger partial charge in [-0.15, -0.1) is 0 Å². The summed E-state index contributed by atoms with van der Waals surface area (Å²) in [5.41, 5.74) is 5.23. The Kier molecular flexibility index (Phi) is 5.61. The Balaban J connectivity index is 1.87. The second-order valence-corrected chi connectivity index (χ2v) is 7.67. The molecule has 1 amide bonds. The molecule has 0 aliphatic heterocycles. The number of fused-ring (bicyclic) bond motifs is 2. The van der Waals surface area contributed by atoms with Crippen molar-refractivity contribution in [3.63, 3.8) is 0 Å². The van der Waals surface area contributed by atoms with Crippen LogP contribution in [0.4, 0.5) is 0 Å². The lowest BCUT2D eigenvalue weighted by molar-refractivity contribution is -0.123. The molecular weight excluding hydrogens is 376 g/mol. The third kappa shape index (κ3) is 3.96. The molecule has 0 bridgehead atoms. The number of likely N-dealkylation sites (N-methyl/N-ethyl adjacent to an activating group) is 1. The summed E-state index contributed by atoms with van der Waals surface area (Å²) in [5.74, 6) is -0.462. The van der Waals surface area contributed by atoms with E-state index in [4.69, 9.17) is 9.72 Å². The van der Waals surface area contributed by atoms with Crippen LogP contribution in [-0.2, 0) is 16.0 Å². The van der Waals surface area contributed by atoms with Gasteiger partial charge in [0, 0.05) is 12.4 Å². The first-order valence-corrected chi connectivity index (χ1v) is 10.1. The van der Waals surface area contributed by atoms with Gasteiger partial charge < -0.3 is 10.1 Å². The number of para-hydroxylation sites is 1. The van der Waals surface area contributed by atoms with Gasteiger partial charge in [0.15, 0.2) is 6.61 Å². The summed E-state index contributed by atoms with van der Waals surface area (Å²) in [6.45, 7) is 1.87. The molecule has 0 saturated carbocycles. The van der Waals surface area contributed by atoms with Gasteiger partial charge in [-0.2, -0.15) is 0 Å². The van der Waals surface area contributed by atoms with Gasteiger partial charge in [0.2, 0.25) is 0 Å². The second kappa shape index (κ2) is 8.49. The number of rotatable bonds is 4. The average Bonchev–Trinajstić information content (AvgIpc) is 2.76. The van der Waals surface area contributed by atoms with Crippen LogP contribution in [0.1, 0.15) is 40.5 Å². The summed E-state index contributed by atoms with van der Waals surface area (Å²) in [6.07, 6.45) is 3.78. The van der Waals surface area contributed by atoms with Crippen molar-refractivity contribution in [2.24, 2.45) is 5.92 Å². The van der Waals surface area contributed by atoms with Crippen molar-refractivity contribution in [3.05, 3.63) is 77.0 Å². The van der Waals surface area contributed by atoms with Crippen molar-refractivity contribution >= 4 is 34.4 Å². The Hall–Kier alpha value is -3.47. The number of benzene rings is 2. The molecule has 2 aromatic carbocycles. The number of carbonyl (C=O) groups is 2. The van der Waals surface area contributed by atoms with Gasteiger partial charge in [-0.3, -0.25) is 4.79 Å². The Labute approximate surface area is 175 Å². The number of allylic oxidation sites excluding steroid dienone is 1. The van der Waals surface area contributed by atoms with Gasteiger partial charge in [0.1, 0.15) is 0 Å². The second-order valence-electron chi connectivity index (χ2n) is 7.67. The summed E-state index contributed by atoms with van der Waals surface area (Å²) in [6, 6.07) is 17.7. The molecule has 5 heteroatoms. The van der Waals surface area contributed by atoms with Gasteiger partial charge in [0.05, 0.1) is 16.8 Å². The fourth-order valence-corrected chi connectivity index (χ4v) is 3.99. The molecular formula is C25H24N2O3. The largest absolute Gasteiger partial charge is 0.452 e. The molecule has 1 atom stereocenters.